The Bertz CT molecular complexity index is 722. The van der Waals surface area contributed by atoms with Crippen molar-refractivity contribution in [2.45, 2.75) is 6.92 Å². The number of halogens is 1. The lowest BCUT2D eigenvalue weighted by atomic mass is 10.1. The molecule has 0 aliphatic heterocycles. The fraction of sp³-hybridized carbons (Fsp3) is 0.0667. The first kappa shape index (κ1) is 12.7. The van der Waals surface area contributed by atoms with Crippen LogP contribution in [-0.2, 0) is 0 Å². The molecule has 0 fully saturated rings. The number of benzene rings is 1. The third-order valence-electron chi connectivity index (χ3n) is 2.89. The summed E-state index contributed by atoms with van der Waals surface area (Å²) in [5, 5.41) is 5.80. The first-order valence-electron chi connectivity index (χ1n) is 6.12. The fourth-order valence-corrected chi connectivity index (χ4v) is 2.59. The number of aryl methyl sites for hydroxylation is 1. The number of pyridine rings is 1. The van der Waals surface area contributed by atoms with Crippen molar-refractivity contribution in [3.63, 3.8) is 0 Å². The lowest BCUT2D eigenvalue weighted by Crippen LogP contribution is -1.93. The largest absolute Gasteiger partial charge is 0.316 e. The Balaban J connectivity index is 1.84. The molecule has 0 amide bonds. The van der Waals surface area contributed by atoms with Gasteiger partial charge < -0.3 is 5.32 Å². The zero-order valence-corrected chi connectivity index (χ0v) is 11.6. The van der Waals surface area contributed by atoms with Crippen molar-refractivity contribution in [2.75, 3.05) is 5.32 Å². The summed E-state index contributed by atoms with van der Waals surface area (Å²) < 4.78 is 12.8. The molecule has 0 aliphatic carbocycles. The Labute approximate surface area is 120 Å². The Kier molecular flexibility index (Phi) is 3.43. The van der Waals surface area contributed by atoms with Crippen LogP contribution in [0.3, 0.4) is 0 Å². The average Bonchev–Trinajstić information content (AvgIpc) is 2.90. The van der Waals surface area contributed by atoms with Gasteiger partial charge in [0.05, 0.1) is 11.9 Å². The van der Waals surface area contributed by atoms with E-state index in [0.29, 0.717) is 5.82 Å². The maximum absolute atomic E-state index is 12.8. The molecule has 0 saturated heterocycles. The number of nitrogens with zero attached hydrogens (tertiary/aromatic N) is 2. The van der Waals surface area contributed by atoms with Gasteiger partial charge in [0.15, 0.2) is 5.13 Å². The summed E-state index contributed by atoms with van der Waals surface area (Å²) in [6.07, 6.45) is 1.18. The van der Waals surface area contributed by atoms with Crippen LogP contribution in [0.25, 0.3) is 11.3 Å². The topological polar surface area (TPSA) is 37.8 Å². The van der Waals surface area contributed by atoms with Crippen LogP contribution in [0, 0.1) is 12.7 Å². The Morgan fingerprint density at radius 1 is 1.15 bits per heavy atom. The summed E-state index contributed by atoms with van der Waals surface area (Å²) in [5.41, 5.74) is 3.23. The Morgan fingerprint density at radius 3 is 2.75 bits per heavy atom. The maximum atomic E-state index is 12.8. The van der Waals surface area contributed by atoms with Gasteiger partial charge in [0.25, 0.3) is 0 Å². The van der Waals surface area contributed by atoms with Crippen LogP contribution in [0.2, 0.25) is 0 Å². The fourth-order valence-electron chi connectivity index (χ4n) is 1.87. The summed E-state index contributed by atoms with van der Waals surface area (Å²) in [5.74, 6) is 0.229. The van der Waals surface area contributed by atoms with Gasteiger partial charge in [-0.15, -0.1) is 11.3 Å². The van der Waals surface area contributed by atoms with Crippen molar-refractivity contribution < 1.29 is 4.39 Å². The predicted octanol–water partition coefficient (Wildman–Crippen LogP) is 4.40. The van der Waals surface area contributed by atoms with Crippen LogP contribution in [-0.4, -0.2) is 9.97 Å². The van der Waals surface area contributed by atoms with Gasteiger partial charge in [-0.1, -0.05) is 24.3 Å². The van der Waals surface area contributed by atoms with Gasteiger partial charge in [-0.2, -0.15) is 0 Å². The monoisotopic (exact) mass is 285 g/mol. The lowest BCUT2D eigenvalue weighted by molar-refractivity contribution is 0.622. The van der Waals surface area contributed by atoms with Crippen molar-refractivity contribution >= 4 is 22.3 Å². The minimum Gasteiger partial charge on any atom is -0.316 e. The number of rotatable bonds is 3. The molecule has 0 unspecified atom stereocenters. The summed E-state index contributed by atoms with van der Waals surface area (Å²) in [6, 6.07) is 11.1. The molecule has 1 aromatic carbocycles. The first-order valence-corrected chi connectivity index (χ1v) is 7.00. The second-order valence-electron chi connectivity index (χ2n) is 4.34. The molecule has 0 bridgehead atoms. The van der Waals surface area contributed by atoms with Gasteiger partial charge >= 0.3 is 0 Å². The molecule has 20 heavy (non-hydrogen) atoms. The normalized spacial score (nSPS) is 10.5. The summed E-state index contributed by atoms with van der Waals surface area (Å²) in [7, 11) is 0. The molecule has 0 radical (unpaired) electrons. The molecule has 1 N–H and O–H groups in total. The van der Waals surface area contributed by atoms with E-state index in [1.807, 2.05) is 23.6 Å². The van der Waals surface area contributed by atoms with E-state index in [-0.39, 0.29) is 5.82 Å². The first-order chi connectivity index (χ1) is 9.72. The van der Waals surface area contributed by atoms with Crippen LogP contribution in [0.1, 0.15) is 5.56 Å². The van der Waals surface area contributed by atoms with Crippen LogP contribution in [0.4, 0.5) is 15.3 Å². The van der Waals surface area contributed by atoms with Crippen molar-refractivity contribution in [1.29, 1.82) is 0 Å². The molecule has 3 rings (SSSR count). The van der Waals surface area contributed by atoms with E-state index in [2.05, 4.69) is 28.3 Å². The summed E-state index contributed by atoms with van der Waals surface area (Å²) in [6.45, 7) is 2.06. The standard InChI is InChI=1S/C15H12FN3S/c1-10-4-2-3-5-12(10)13-9-20-15(18-13)19-14-7-6-11(16)8-17-14/h2-9H,1H3,(H,17,18,19). The van der Waals surface area contributed by atoms with Gasteiger partial charge in [0.1, 0.15) is 11.6 Å². The molecule has 0 saturated carbocycles. The molecule has 2 aromatic heterocycles. The van der Waals surface area contributed by atoms with Crippen LogP contribution in [0.5, 0.6) is 0 Å². The Morgan fingerprint density at radius 2 is 2.00 bits per heavy atom. The van der Waals surface area contributed by atoms with Crippen molar-refractivity contribution in [3.05, 3.63) is 59.4 Å². The van der Waals surface area contributed by atoms with Crippen molar-refractivity contribution in [1.82, 2.24) is 9.97 Å². The lowest BCUT2D eigenvalue weighted by Gasteiger charge is -2.02. The molecular formula is C15H12FN3S. The van der Waals surface area contributed by atoms with E-state index in [0.717, 1.165) is 16.4 Å². The van der Waals surface area contributed by atoms with Crippen LogP contribution < -0.4 is 5.32 Å². The molecule has 3 aromatic rings. The van der Waals surface area contributed by atoms with E-state index < -0.39 is 0 Å². The highest BCUT2D eigenvalue weighted by atomic mass is 32.1. The van der Waals surface area contributed by atoms with Gasteiger partial charge in [0.2, 0.25) is 0 Å². The third-order valence-corrected chi connectivity index (χ3v) is 3.65. The Hall–Kier alpha value is -2.27. The summed E-state index contributed by atoms with van der Waals surface area (Å²) >= 11 is 1.50. The molecule has 5 heteroatoms. The smallest absolute Gasteiger partial charge is 0.188 e. The van der Waals surface area contributed by atoms with Gasteiger partial charge in [-0.25, -0.2) is 14.4 Å². The molecule has 3 nitrogen and oxygen atoms in total. The highest BCUT2D eigenvalue weighted by Gasteiger charge is 2.07. The molecule has 0 aliphatic rings. The molecule has 0 atom stereocenters. The number of hydrogen-bond acceptors (Lipinski definition) is 4. The predicted molar refractivity (Wildman–Crippen MR) is 79.8 cm³/mol. The van der Waals surface area contributed by atoms with Gasteiger partial charge in [-0.05, 0) is 24.6 Å². The third kappa shape index (κ3) is 2.67. The zero-order valence-electron chi connectivity index (χ0n) is 10.8. The maximum Gasteiger partial charge on any atom is 0.188 e. The van der Waals surface area contributed by atoms with E-state index in [4.69, 9.17) is 0 Å². The average molecular weight is 285 g/mol. The second kappa shape index (κ2) is 5.38. The van der Waals surface area contributed by atoms with Gasteiger partial charge in [-0.3, -0.25) is 0 Å². The minimum atomic E-state index is -0.352. The minimum absolute atomic E-state index is 0.352. The van der Waals surface area contributed by atoms with E-state index in [1.165, 1.54) is 29.2 Å². The molecule has 0 spiro atoms. The van der Waals surface area contributed by atoms with Crippen molar-refractivity contribution in [2.24, 2.45) is 0 Å². The SMILES string of the molecule is Cc1ccccc1-c1csc(Nc2ccc(F)cn2)n1. The highest BCUT2D eigenvalue weighted by molar-refractivity contribution is 7.14. The second-order valence-corrected chi connectivity index (χ2v) is 5.20. The van der Waals surface area contributed by atoms with Crippen molar-refractivity contribution in [3.8, 4) is 11.3 Å². The molecule has 100 valence electrons. The van der Waals surface area contributed by atoms with Crippen LogP contribution in [0.15, 0.2) is 48.0 Å². The number of hydrogen-bond donors (Lipinski definition) is 1. The van der Waals surface area contributed by atoms with E-state index in [1.54, 1.807) is 6.07 Å². The quantitative estimate of drug-likeness (QED) is 0.775. The number of thiazole rings is 1. The van der Waals surface area contributed by atoms with Crippen LogP contribution >= 0.6 is 11.3 Å². The molecular weight excluding hydrogens is 273 g/mol. The van der Waals surface area contributed by atoms with Gasteiger partial charge in [0, 0.05) is 10.9 Å². The van der Waals surface area contributed by atoms with E-state index >= 15 is 0 Å². The number of aromatic nitrogens is 2. The molecule has 2 heterocycles. The van der Waals surface area contributed by atoms with E-state index in [9.17, 15) is 4.39 Å². The zero-order chi connectivity index (χ0) is 13.9. The number of nitrogens with one attached hydrogen (secondary N) is 1. The summed E-state index contributed by atoms with van der Waals surface area (Å²) in [4.78, 5) is 8.49. The number of anilines is 2. The highest BCUT2D eigenvalue weighted by Crippen LogP contribution is 2.28.